The molecule has 0 saturated carbocycles. The second-order valence-corrected chi connectivity index (χ2v) is 5.92. The Morgan fingerprint density at radius 2 is 2.00 bits per heavy atom. The number of rotatable bonds is 8. The number of piperidine rings is 1. The first-order chi connectivity index (χ1) is 10.3. The van der Waals surface area contributed by atoms with Gasteiger partial charge in [0, 0.05) is 25.3 Å². The summed E-state index contributed by atoms with van der Waals surface area (Å²) in [6.07, 6.45) is 7.54. The van der Waals surface area contributed by atoms with E-state index in [9.17, 15) is 0 Å². The van der Waals surface area contributed by atoms with Gasteiger partial charge in [-0.15, -0.1) is 0 Å². The fraction of sp³-hybridized carbons (Fsp3) is 0.667. The number of anilines is 1. The molecule has 1 saturated heterocycles. The van der Waals surface area contributed by atoms with Gasteiger partial charge in [0.25, 0.3) is 0 Å². The molecule has 2 rings (SSSR count). The lowest BCUT2D eigenvalue weighted by Gasteiger charge is -2.26. The molecule has 0 bridgehead atoms. The van der Waals surface area contributed by atoms with E-state index < -0.39 is 0 Å². The van der Waals surface area contributed by atoms with Gasteiger partial charge in [-0.1, -0.05) is 25.8 Å². The van der Waals surface area contributed by atoms with Gasteiger partial charge in [-0.2, -0.15) is 0 Å². The maximum absolute atomic E-state index is 5.91. The molecule has 21 heavy (non-hydrogen) atoms. The van der Waals surface area contributed by atoms with E-state index in [1.807, 2.05) is 7.05 Å². The number of hydrogen-bond acceptors (Lipinski definition) is 3. The van der Waals surface area contributed by atoms with E-state index in [-0.39, 0.29) is 0 Å². The van der Waals surface area contributed by atoms with Crippen molar-refractivity contribution >= 4 is 5.69 Å². The van der Waals surface area contributed by atoms with E-state index in [0.29, 0.717) is 0 Å². The molecular weight excluding hydrogens is 260 g/mol. The zero-order valence-electron chi connectivity index (χ0n) is 13.7. The summed E-state index contributed by atoms with van der Waals surface area (Å²) in [5.41, 5.74) is 2.58. The van der Waals surface area contributed by atoms with Crippen LogP contribution in [0.5, 0.6) is 5.75 Å². The highest BCUT2D eigenvalue weighted by Gasteiger charge is 2.09. The standard InChI is InChI=1S/C18H30N2O/c1-3-8-16-9-10-17(15-18(16)19-2)21-14-7-13-20-11-5-4-6-12-20/h9-10,15,19H,3-8,11-14H2,1-2H3. The van der Waals surface area contributed by atoms with Crippen LogP contribution in [0, 0.1) is 0 Å². The highest BCUT2D eigenvalue weighted by Crippen LogP contribution is 2.23. The third-order valence-corrected chi connectivity index (χ3v) is 4.21. The molecule has 0 spiro atoms. The van der Waals surface area contributed by atoms with Gasteiger partial charge in [0.05, 0.1) is 6.61 Å². The summed E-state index contributed by atoms with van der Waals surface area (Å²) in [4.78, 5) is 2.57. The molecule has 1 aromatic carbocycles. The van der Waals surface area contributed by atoms with Crippen LogP contribution in [-0.4, -0.2) is 38.2 Å². The average molecular weight is 290 g/mol. The molecule has 0 aromatic heterocycles. The predicted octanol–water partition coefficient (Wildman–Crippen LogP) is 3.94. The zero-order valence-corrected chi connectivity index (χ0v) is 13.7. The first-order valence-corrected chi connectivity index (χ1v) is 8.49. The lowest BCUT2D eigenvalue weighted by molar-refractivity contribution is 0.205. The fourth-order valence-corrected chi connectivity index (χ4v) is 3.03. The van der Waals surface area contributed by atoms with Crippen molar-refractivity contribution in [2.24, 2.45) is 0 Å². The van der Waals surface area contributed by atoms with Crippen molar-refractivity contribution in [1.82, 2.24) is 4.90 Å². The fourth-order valence-electron chi connectivity index (χ4n) is 3.03. The lowest BCUT2D eigenvalue weighted by Crippen LogP contribution is -2.31. The third-order valence-electron chi connectivity index (χ3n) is 4.21. The van der Waals surface area contributed by atoms with Crippen molar-refractivity contribution in [2.75, 3.05) is 38.6 Å². The number of benzene rings is 1. The largest absolute Gasteiger partial charge is 0.493 e. The quantitative estimate of drug-likeness (QED) is 0.734. The molecule has 0 aliphatic carbocycles. The Labute approximate surface area is 129 Å². The van der Waals surface area contributed by atoms with Gasteiger partial charge in [-0.05, 0) is 50.4 Å². The van der Waals surface area contributed by atoms with Crippen molar-refractivity contribution in [1.29, 1.82) is 0 Å². The maximum Gasteiger partial charge on any atom is 0.121 e. The number of ether oxygens (including phenoxy) is 1. The van der Waals surface area contributed by atoms with Crippen molar-refractivity contribution < 1.29 is 4.74 Å². The van der Waals surface area contributed by atoms with Gasteiger partial charge in [0.1, 0.15) is 5.75 Å². The Balaban J connectivity index is 1.74. The van der Waals surface area contributed by atoms with Crippen molar-refractivity contribution in [2.45, 2.75) is 45.4 Å². The highest BCUT2D eigenvalue weighted by molar-refractivity contribution is 5.54. The molecule has 0 radical (unpaired) electrons. The van der Waals surface area contributed by atoms with Gasteiger partial charge in [-0.25, -0.2) is 0 Å². The summed E-state index contributed by atoms with van der Waals surface area (Å²) in [5.74, 6) is 0.984. The summed E-state index contributed by atoms with van der Waals surface area (Å²) in [5, 5.41) is 3.27. The molecule has 0 atom stereocenters. The molecule has 1 heterocycles. The topological polar surface area (TPSA) is 24.5 Å². The van der Waals surface area contributed by atoms with Crippen molar-refractivity contribution in [3.05, 3.63) is 23.8 Å². The maximum atomic E-state index is 5.91. The van der Waals surface area contributed by atoms with E-state index in [1.54, 1.807) is 0 Å². The highest BCUT2D eigenvalue weighted by atomic mass is 16.5. The minimum absolute atomic E-state index is 0.812. The van der Waals surface area contributed by atoms with Crippen LogP contribution in [0.15, 0.2) is 18.2 Å². The molecule has 1 aromatic rings. The van der Waals surface area contributed by atoms with Crippen LogP contribution < -0.4 is 10.1 Å². The molecule has 118 valence electrons. The molecule has 3 heteroatoms. The predicted molar refractivity (Wildman–Crippen MR) is 90.4 cm³/mol. The van der Waals surface area contributed by atoms with E-state index in [2.05, 4.69) is 35.3 Å². The summed E-state index contributed by atoms with van der Waals surface area (Å²) in [6, 6.07) is 6.42. The second kappa shape index (κ2) is 8.93. The normalized spacial score (nSPS) is 15.9. The number of nitrogens with zero attached hydrogens (tertiary/aromatic N) is 1. The summed E-state index contributed by atoms with van der Waals surface area (Å²) >= 11 is 0. The van der Waals surface area contributed by atoms with Crippen LogP contribution in [0.1, 0.15) is 44.6 Å². The monoisotopic (exact) mass is 290 g/mol. The van der Waals surface area contributed by atoms with Crippen LogP contribution in [0.4, 0.5) is 5.69 Å². The minimum Gasteiger partial charge on any atom is -0.493 e. The van der Waals surface area contributed by atoms with Gasteiger partial charge in [-0.3, -0.25) is 0 Å². The van der Waals surface area contributed by atoms with E-state index in [0.717, 1.165) is 25.2 Å². The molecule has 3 nitrogen and oxygen atoms in total. The minimum atomic E-state index is 0.812. The third kappa shape index (κ3) is 5.24. The van der Waals surface area contributed by atoms with E-state index in [1.165, 1.54) is 56.6 Å². The molecular formula is C18H30N2O. The van der Waals surface area contributed by atoms with Gasteiger partial charge in [0.2, 0.25) is 0 Å². The number of nitrogens with one attached hydrogen (secondary N) is 1. The van der Waals surface area contributed by atoms with E-state index in [4.69, 9.17) is 4.74 Å². The number of aryl methyl sites for hydroxylation is 1. The molecule has 0 unspecified atom stereocenters. The van der Waals surface area contributed by atoms with Crippen LogP contribution in [0.3, 0.4) is 0 Å². The Bertz CT molecular complexity index is 414. The second-order valence-electron chi connectivity index (χ2n) is 5.92. The van der Waals surface area contributed by atoms with Crippen molar-refractivity contribution in [3.63, 3.8) is 0 Å². The van der Waals surface area contributed by atoms with Crippen LogP contribution >= 0.6 is 0 Å². The lowest BCUT2D eigenvalue weighted by atomic mass is 10.1. The van der Waals surface area contributed by atoms with Crippen LogP contribution in [0.2, 0.25) is 0 Å². The Hall–Kier alpha value is -1.22. The van der Waals surface area contributed by atoms with E-state index >= 15 is 0 Å². The van der Waals surface area contributed by atoms with Gasteiger partial charge >= 0.3 is 0 Å². The summed E-state index contributed by atoms with van der Waals surface area (Å²) < 4.78 is 5.91. The number of hydrogen-bond donors (Lipinski definition) is 1. The molecule has 1 aliphatic heterocycles. The van der Waals surface area contributed by atoms with Crippen LogP contribution in [0.25, 0.3) is 0 Å². The molecule has 1 aliphatic rings. The number of likely N-dealkylation sites (tertiary alicyclic amines) is 1. The molecule has 0 amide bonds. The Morgan fingerprint density at radius 3 is 2.71 bits per heavy atom. The van der Waals surface area contributed by atoms with Gasteiger partial charge < -0.3 is 15.0 Å². The Morgan fingerprint density at radius 1 is 1.19 bits per heavy atom. The first-order valence-electron chi connectivity index (χ1n) is 8.49. The first kappa shape index (κ1) is 16.2. The van der Waals surface area contributed by atoms with Crippen molar-refractivity contribution in [3.8, 4) is 5.75 Å². The average Bonchev–Trinajstić information content (AvgIpc) is 2.54. The molecule has 1 N–H and O–H groups in total. The SMILES string of the molecule is CCCc1ccc(OCCCN2CCCCC2)cc1NC. The summed E-state index contributed by atoms with van der Waals surface area (Å²) in [6.45, 7) is 6.75. The summed E-state index contributed by atoms with van der Waals surface area (Å²) in [7, 11) is 1.98. The van der Waals surface area contributed by atoms with Gasteiger partial charge in [0.15, 0.2) is 0 Å². The smallest absolute Gasteiger partial charge is 0.121 e. The Kier molecular flexibility index (Phi) is 6.87. The zero-order chi connectivity index (χ0) is 14.9. The molecule has 1 fully saturated rings. The van der Waals surface area contributed by atoms with Crippen LogP contribution in [-0.2, 0) is 6.42 Å².